The van der Waals surface area contributed by atoms with Crippen LogP contribution in [0.25, 0.3) is 0 Å². The Morgan fingerprint density at radius 3 is 2.08 bits per heavy atom. The molecule has 0 heterocycles. The van der Waals surface area contributed by atoms with Crippen LogP contribution in [0.5, 0.6) is 0 Å². The summed E-state index contributed by atoms with van der Waals surface area (Å²) in [6, 6.07) is 0. The molecule has 0 aliphatic carbocycles. The minimum atomic E-state index is -0.402. The summed E-state index contributed by atoms with van der Waals surface area (Å²) >= 11 is 0. The highest BCUT2D eigenvalue weighted by Crippen LogP contribution is 2.11. The second-order valence-electron chi connectivity index (χ2n) is 6.66. The number of nitrogens with zero attached hydrogens (tertiary/aromatic N) is 3. The molecule has 7 heteroatoms. The van der Waals surface area contributed by atoms with Crippen molar-refractivity contribution < 1.29 is 9.59 Å². The van der Waals surface area contributed by atoms with Gasteiger partial charge in [0.1, 0.15) is 0 Å². The van der Waals surface area contributed by atoms with E-state index in [1.165, 1.54) is 0 Å². The number of carbonyl (C=O) groups is 2. The lowest BCUT2D eigenvalue weighted by Gasteiger charge is -2.25. The molecule has 2 N–H and O–H groups in total. The summed E-state index contributed by atoms with van der Waals surface area (Å²) in [5, 5.41) is 6.04. The van der Waals surface area contributed by atoms with Crippen LogP contribution >= 0.6 is 0 Å². The highest BCUT2D eigenvalue weighted by Gasteiger charge is 2.20. The van der Waals surface area contributed by atoms with Gasteiger partial charge in [0.25, 0.3) is 0 Å². The van der Waals surface area contributed by atoms with Crippen molar-refractivity contribution in [3.05, 3.63) is 0 Å². The molecule has 0 radical (unpaired) electrons. The molecule has 24 heavy (non-hydrogen) atoms. The minimum Gasteiger partial charge on any atom is -0.357 e. The van der Waals surface area contributed by atoms with Crippen molar-refractivity contribution >= 4 is 17.8 Å². The van der Waals surface area contributed by atoms with Crippen LogP contribution in [0.1, 0.15) is 41.5 Å². The minimum absolute atomic E-state index is 0.00719. The van der Waals surface area contributed by atoms with Gasteiger partial charge >= 0.3 is 0 Å². The molecule has 0 spiro atoms. The first-order valence-electron chi connectivity index (χ1n) is 8.72. The van der Waals surface area contributed by atoms with Crippen molar-refractivity contribution in [2.45, 2.75) is 41.5 Å². The van der Waals surface area contributed by atoms with Crippen LogP contribution in [0.3, 0.4) is 0 Å². The van der Waals surface area contributed by atoms with Crippen molar-refractivity contribution in [1.82, 2.24) is 20.4 Å². The Kier molecular flexibility index (Phi) is 10.1. The lowest BCUT2D eigenvalue weighted by Crippen LogP contribution is -2.46. The van der Waals surface area contributed by atoms with Crippen LogP contribution in [0.4, 0.5) is 0 Å². The molecule has 7 nitrogen and oxygen atoms in total. The monoisotopic (exact) mass is 341 g/mol. The zero-order valence-corrected chi connectivity index (χ0v) is 16.4. The molecule has 2 amide bonds. The number of likely N-dealkylation sites (N-methyl/N-ethyl adjacent to an activating group) is 2. The molecule has 0 aromatic carbocycles. The molecule has 0 aromatic rings. The molecule has 0 atom stereocenters. The average Bonchev–Trinajstić information content (AvgIpc) is 2.50. The van der Waals surface area contributed by atoms with Gasteiger partial charge < -0.3 is 20.4 Å². The van der Waals surface area contributed by atoms with Gasteiger partial charge in [0.2, 0.25) is 11.8 Å². The van der Waals surface area contributed by atoms with Gasteiger partial charge in [-0.2, -0.15) is 0 Å². The van der Waals surface area contributed by atoms with Crippen molar-refractivity contribution in [2.75, 3.05) is 46.3 Å². The molecule has 140 valence electrons. The van der Waals surface area contributed by atoms with Crippen molar-refractivity contribution in [3.8, 4) is 0 Å². The molecule has 0 aliphatic rings. The third-order valence-corrected chi connectivity index (χ3v) is 3.53. The summed E-state index contributed by atoms with van der Waals surface area (Å²) in [5.74, 6) is 0.755. The lowest BCUT2D eigenvalue weighted by atomic mass is 9.96. The normalized spacial score (nSPS) is 11.9. The molecule has 0 aliphatic heterocycles. The summed E-state index contributed by atoms with van der Waals surface area (Å²) in [5.41, 5.74) is -0.402. The van der Waals surface area contributed by atoms with E-state index in [-0.39, 0.29) is 18.4 Å². The van der Waals surface area contributed by atoms with Crippen LogP contribution in [0.2, 0.25) is 0 Å². The Bertz CT molecular complexity index is 425. The van der Waals surface area contributed by atoms with Gasteiger partial charge in [-0.3, -0.25) is 14.6 Å². The molecule has 0 saturated heterocycles. The van der Waals surface area contributed by atoms with Crippen LogP contribution < -0.4 is 10.6 Å². The number of carbonyl (C=O) groups excluding carboxylic acids is 2. The van der Waals surface area contributed by atoms with E-state index in [0.717, 1.165) is 6.54 Å². The smallest absolute Gasteiger partial charge is 0.242 e. The number of hydrogen-bond acceptors (Lipinski definition) is 3. The van der Waals surface area contributed by atoms with Crippen molar-refractivity contribution in [1.29, 1.82) is 0 Å². The quantitative estimate of drug-likeness (QED) is 0.391. The summed E-state index contributed by atoms with van der Waals surface area (Å²) in [4.78, 5) is 32.1. The van der Waals surface area contributed by atoms with Gasteiger partial charge in [-0.25, -0.2) is 0 Å². The molecule has 0 aromatic heterocycles. The standard InChI is InChI=1S/C17H35N5O2/c1-8-18-16(20-12-11-19-15(24)17(4,5)6)21(7)13-14(23)22(9-2)10-3/h8-13H2,1-7H3,(H,18,20)(H,19,24). The maximum atomic E-state index is 12.2. The Balaban J connectivity index is 4.60. The third-order valence-electron chi connectivity index (χ3n) is 3.53. The second-order valence-corrected chi connectivity index (χ2v) is 6.66. The van der Waals surface area contributed by atoms with Gasteiger partial charge in [0.15, 0.2) is 5.96 Å². The van der Waals surface area contributed by atoms with Gasteiger partial charge in [-0.1, -0.05) is 20.8 Å². The molecular formula is C17H35N5O2. The van der Waals surface area contributed by atoms with Gasteiger partial charge in [-0.15, -0.1) is 0 Å². The van der Waals surface area contributed by atoms with Crippen LogP contribution in [-0.4, -0.2) is 73.9 Å². The number of rotatable bonds is 8. The topological polar surface area (TPSA) is 77.0 Å². The molecule has 0 saturated carbocycles. The SMILES string of the molecule is CCNC(=NCCNC(=O)C(C)(C)C)N(C)CC(=O)N(CC)CC. The molecule has 0 bridgehead atoms. The predicted molar refractivity (Wildman–Crippen MR) is 99.0 cm³/mol. The zero-order chi connectivity index (χ0) is 18.8. The van der Waals surface area contributed by atoms with Crippen molar-refractivity contribution in [3.63, 3.8) is 0 Å². The lowest BCUT2D eigenvalue weighted by molar-refractivity contribution is -0.131. The predicted octanol–water partition coefficient (Wildman–Crippen LogP) is 0.914. The van der Waals surface area contributed by atoms with Gasteiger partial charge in [0, 0.05) is 38.6 Å². The van der Waals surface area contributed by atoms with E-state index < -0.39 is 5.41 Å². The average molecular weight is 342 g/mol. The Morgan fingerprint density at radius 2 is 1.62 bits per heavy atom. The van der Waals surface area contributed by atoms with Gasteiger partial charge in [0.05, 0.1) is 13.1 Å². The Morgan fingerprint density at radius 1 is 1.04 bits per heavy atom. The number of hydrogen-bond donors (Lipinski definition) is 2. The number of nitrogens with one attached hydrogen (secondary N) is 2. The molecular weight excluding hydrogens is 306 g/mol. The van der Waals surface area contributed by atoms with E-state index in [1.807, 2.05) is 53.5 Å². The fraction of sp³-hybridized carbons (Fsp3) is 0.824. The summed E-state index contributed by atoms with van der Waals surface area (Å²) < 4.78 is 0. The number of guanidine groups is 1. The van der Waals surface area contributed by atoms with Crippen LogP contribution in [0, 0.1) is 5.41 Å². The maximum absolute atomic E-state index is 12.2. The van der Waals surface area contributed by atoms with Crippen LogP contribution in [0.15, 0.2) is 4.99 Å². The van der Waals surface area contributed by atoms with E-state index in [9.17, 15) is 9.59 Å². The van der Waals surface area contributed by atoms with Crippen molar-refractivity contribution in [2.24, 2.45) is 10.4 Å². The largest absolute Gasteiger partial charge is 0.357 e. The van der Waals surface area contributed by atoms with Gasteiger partial charge in [-0.05, 0) is 20.8 Å². The van der Waals surface area contributed by atoms with Crippen LogP contribution in [-0.2, 0) is 9.59 Å². The van der Waals surface area contributed by atoms with E-state index in [1.54, 1.807) is 4.90 Å². The molecule has 0 fully saturated rings. The highest BCUT2D eigenvalue weighted by molar-refractivity contribution is 5.86. The maximum Gasteiger partial charge on any atom is 0.242 e. The Hall–Kier alpha value is -1.79. The summed E-state index contributed by atoms with van der Waals surface area (Å²) in [6.07, 6.45) is 0. The first-order valence-corrected chi connectivity index (χ1v) is 8.72. The second kappa shape index (κ2) is 10.9. The molecule has 0 unspecified atom stereocenters. The molecule has 0 rings (SSSR count). The van der Waals surface area contributed by atoms with E-state index in [2.05, 4.69) is 15.6 Å². The number of amides is 2. The fourth-order valence-corrected chi connectivity index (χ4v) is 2.02. The third kappa shape index (κ3) is 8.17. The first kappa shape index (κ1) is 22.2. The Labute approximate surface area is 146 Å². The summed E-state index contributed by atoms with van der Waals surface area (Å²) in [7, 11) is 1.84. The first-order chi connectivity index (χ1) is 11.2. The zero-order valence-electron chi connectivity index (χ0n) is 16.4. The van der Waals surface area contributed by atoms with E-state index >= 15 is 0 Å². The van der Waals surface area contributed by atoms with E-state index in [0.29, 0.717) is 32.1 Å². The number of aliphatic imine (C=N–C) groups is 1. The fourth-order valence-electron chi connectivity index (χ4n) is 2.02. The summed E-state index contributed by atoms with van der Waals surface area (Å²) in [6.45, 7) is 14.9. The highest BCUT2D eigenvalue weighted by atomic mass is 16.2. The van der Waals surface area contributed by atoms with E-state index in [4.69, 9.17) is 0 Å².